The van der Waals surface area contributed by atoms with Crippen molar-refractivity contribution in [2.75, 3.05) is 0 Å². The molecular weight excluding hydrogens is 314 g/mol. The lowest BCUT2D eigenvalue weighted by Crippen LogP contribution is -2.36. The van der Waals surface area contributed by atoms with Crippen LogP contribution in [-0.4, -0.2) is 9.90 Å². The molecule has 0 saturated carbocycles. The predicted molar refractivity (Wildman–Crippen MR) is 90.0 cm³/mol. The molecule has 0 radical (unpaired) electrons. The van der Waals surface area contributed by atoms with E-state index >= 15 is 0 Å². The Balaban J connectivity index is 1.67. The third kappa shape index (κ3) is 3.90. The van der Waals surface area contributed by atoms with Crippen molar-refractivity contribution in [1.29, 1.82) is 0 Å². The van der Waals surface area contributed by atoms with Gasteiger partial charge in [0.05, 0.1) is 11.0 Å². The first-order valence-electron chi connectivity index (χ1n) is 7.05. The lowest BCUT2D eigenvalue weighted by molar-refractivity contribution is -0.747. The van der Waals surface area contributed by atoms with Gasteiger partial charge in [-0.1, -0.05) is 41.9 Å². The van der Waals surface area contributed by atoms with Gasteiger partial charge in [-0.3, -0.25) is 0 Å². The van der Waals surface area contributed by atoms with Gasteiger partial charge in [0, 0.05) is 9.92 Å². The average molecular weight is 331 g/mol. The SMILES string of the molecule is Cn1n[n+](Cc2ccc(Cl)cc2)cc1CSc1ccccc1. The van der Waals surface area contributed by atoms with E-state index in [1.54, 1.807) is 0 Å². The summed E-state index contributed by atoms with van der Waals surface area (Å²) in [6.45, 7) is 0.751. The molecule has 0 saturated heterocycles. The van der Waals surface area contributed by atoms with Crippen LogP contribution in [0.1, 0.15) is 11.3 Å². The Morgan fingerprint density at radius 1 is 1.09 bits per heavy atom. The molecule has 0 atom stereocenters. The van der Waals surface area contributed by atoms with Gasteiger partial charge in [0.2, 0.25) is 0 Å². The molecule has 0 bridgehead atoms. The highest BCUT2D eigenvalue weighted by Crippen LogP contribution is 2.21. The average Bonchev–Trinajstić information content (AvgIpc) is 2.88. The van der Waals surface area contributed by atoms with Crippen LogP contribution in [0.25, 0.3) is 0 Å². The zero-order chi connectivity index (χ0) is 15.4. The normalized spacial score (nSPS) is 10.8. The van der Waals surface area contributed by atoms with Crippen LogP contribution < -0.4 is 4.68 Å². The Labute approximate surface area is 139 Å². The minimum Gasteiger partial charge on any atom is -0.137 e. The smallest absolute Gasteiger partial charge is 0.137 e. The lowest BCUT2D eigenvalue weighted by Gasteiger charge is -1.97. The van der Waals surface area contributed by atoms with Crippen LogP contribution in [-0.2, 0) is 19.3 Å². The fraction of sp³-hybridized carbons (Fsp3) is 0.176. The molecule has 0 unspecified atom stereocenters. The maximum Gasteiger partial charge on any atom is 0.177 e. The van der Waals surface area contributed by atoms with Crippen LogP contribution in [0.5, 0.6) is 0 Å². The molecule has 0 N–H and O–H groups in total. The number of hydrogen-bond donors (Lipinski definition) is 0. The topological polar surface area (TPSA) is 21.7 Å². The Kier molecular flexibility index (Phi) is 4.80. The number of benzene rings is 2. The van der Waals surface area contributed by atoms with Crippen LogP contribution in [0.3, 0.4) is 0 Å². The molecule has 1 aromatic heterocycles. The van der Waals surface area contributed by atoms with Gasteiger partial charge in [0.1, 0.15) is 13.6 Å². The molecule has 112 valence electrons. The van der Waals surface area contributed by atoms with E-state index < -0.39 is 0 Å². The largest absolute Gasteiger partial charge is 0.177 e. The fourth-order valence-corrected chi connectivity index (χ4v) is 3.22. The molecule has 3 rings (SSSR count). The van der Waals surface area contributed by atoms with Crippen molar-refractivity contribution in [3.8, 4) is 0 Å². The minimum atomic E-state index is 0.751. The zero-order valence-corrected chi connectivity index (χ0v) is 13.9. The predicted octanol–water partition coefficient (Wildman–Crippen LogP) is 3.70. The first-order chi connectivity index (χ1) is 10.7. The number of aryl methyl sites for hydroxylation is 1. The van der Waals surface area contributed by atoms with Gasteiger partial charge in [-0.15, -0.1) is 21.1 Å². The molecule has 0 spiro atoms. The highest BCUT2D eigenvalue weighted by Gasteiger charge is 2.13. The Morgan fingerprint density at radius 3 is 2.55 bits per heavy atom. The highest BCUT2D eigenvalue weighted by atomic mass is 35.5. The summed E-state index contributed by atoms with van der Waals surface area (Å²) in [6.07, 6.45) is 2.10. The molecule has 0 aliphatic rings. The van der Waals surface area contributed by atoms with E-state index in [9.17, 15) is 0 Å². The molecule has 22 heavy (non-hydrogen) atoms. The summed E-state index contributed by atoms with van der Waals surface area (Å²) in [5.41, 5.74) is 2.39. The van der Waals surface area contributed by atoms with E-state index in [1.807, 2.05) is 58.5 Å². The first kappa shape index (κ1) is 15.1. The van der Waals surface area contributed by atoms with Gasteiger partial charge in [-0.05, 0) is 29.8 Å². The Morgan fingerprint density at radius 2 is 1.82 bits per heavy atom. The molecule has 0 aliphatic heterocycles. The van der Waals surface area contributed by atoms with Gasteiger partial charge in [0.15, 0.2) is 11.9 Å². The van der Waals surface area contributed by atoms with Crippen molar-refractivity contribution in [1.82, 2.24) is 9.90 Å². The molecular formula is C17H17ClN3S+. The summed E-state index contributed by atoms with van der Waals surface area (Å²) in [5.74, 6) is 0.904. The van der Waals surface area contributed by atoms with Gasteiger partial charge in [-0.25, -0.2) is 0 Å². The Hall–Kier alpha value is -1.78. The summed E-state index contributed by atoms with van der Waals surface area (Å²) in [7, 11) is 1.99. The van der Waals surface area contributed by atoms with E-state index in [0.717, 1.165) is 17.3 Å². The standard InChI is InChI=1S/C17H17ClN3S/c1-20-16(13-22-17-5-3-2-4-6-17)12-21(19-20)11-14-7-9-15(18)10-8-14/h2-10,12H,11,13H2,1H3/q+1. The Bertz CT molecular complexity index is 738. The van der Waals surface area contributed by atoms with Crippen LogP contribution >= 0.6 is 23.4 Å². The number of rotatable bonds is 5. The quantitative estimate of drug-likeness (QED) is 0.525. The number of hydrogen-bond acceptors (Lipinski definition) is 2. The summed E-state index contributed by atoms with van der Waals surface area (Å²) in [5, 5.41) is 5.29. The molecule has 3 nitrogen and oxygen atoms in total. The van der Waals surface area contributed by atoms with E-state index in [1.165, 1.54) is 16.2 Å². The van der Waals surface area contributed by atoms with Crippen molar-refractivity contribution in [2.24, 2.45) is 7.05 Å². The molecule has 2 aromatic carbocycles. The molecule has 1 heterocycles. The van der Waals surface area contributed by atoms with Gasteiger partial charge in [-0.2, -0.15) is 0 Å². The monoisotopic (exact) mass is 330 g/mol. The van der Waals surface area contributed by atoms with Crippen molar-refractivity contribution in [2.45, 2.75) is 17.2 Å². The van der Waals surface area contributed by atoms with Crippen LogP contribution in [0.4, 0.5) is 0 Å². The van der Waals surface area contributed by atoms with Crippen LogP contribution in [0, 0.1) is 0 Å². The van der Waals surface area contributed by atoms with E-state index in [0.29, 0.717) is 0 Å². The minimum absolute atomic E-state index is 0.751. The zero-order valence-electron chi connectivity index (χ0n) is 12.3. The summed E-state index contributed by atoms with van der Waals surface area (Å²) >= 11 is 7.73. The summed E-state index contributed by atoms with van der Waals surface area (Å²) in [4.78, 5) is 1.27. The lowest BCUT2D eigenvalue weighted by atomic mass is 10.2. The van der Waals surface area contributed by atoms with Crippen LogP contribution in [0.15, 0.2) is 65.7 Å². The second-order valence-corrected chi connectivity index (χ2v) is 6.54. The first-order valence-corrected chi connectivity index (χ1v) is 8.42. The van der Waals surface area contributed by atoms with Gasteiger partial charge >= 0.3 is 0 Å². The maximum absolute atomic E-state index is 5.91. The van der Waals surface area contributed by atoms with Crippen LogP contribution in [0.2, 0.25) is 5.02 Å². The highest BCUT2D eigenvalue weighted by molar-refractivity contribution is 7.98. The number of halogens is 1. The molecule has 0 aliphatic carbocycles. The van der Waals surface area contributed by atoms with E-state index in [2.05, 4.69) is 35.7 Å². The number of aromatic nitrogens is 3. The third-order valence-corrected chi connectivity index (χ3v) is 4.65. The van der Waals surface area contributed by atoms with Crippen molar-refractivity contribution in [3.63, 3.8) is 0 Å². The molecule has 3 aromatic rings. The third-order valence-electron chi connectivity index (χ3n) is 3.35. The molecule has 0 fully saturated rings. The number of thioether (sulfide) groups is 1. The fourth-order valence-electron chi connectivity index (χ4n) is 2.17. The molecule has 0 amide bonds. The summed E-state index contributed by atoms with van der Waals surface area (Å²) < 4.78 is 3.90. The van der Waals surface area contributed by atoms with Gasteiger partial charge < -0.3 is 0 Å². The van der Waals surface area contributed by atoms with Crippen molar-refractivity contribution < 1.29 is 4.68 Å². The summed E-state index contributed by atoms with van der Waals surface area (Å²) in [6, 6.07) is 18.3. The second-order valence-electron chi connectivity index (χ2n) is 5.06. The van der Waals surface area contributed by atoms with E-state index in [4.69, 9.17) is 11.6 Å². The maximum atomic E-state index is 5.91. The van der Waals surface area contributed by atoms with Gasteiger partial charge in [0.25, 0.3) is 0 Å². The van der Waals surface area contributed by atoms with E-state index in [-0.39, 0.29) is 0 Å². The van der Waals surface area contributed by atoms with Crippen molar-refractivity contribution >= 4 is 23.4 Å². The van der Waals surface area contributed by atoms with Crippen molar-refractivity contribution in [3.05, 3.63) is 77.1 Å². The second kappa shape index (κ2) is 6.99. The molecule has 5 heteroatoms. The number of nitrogens with zero attached hydrogens (tertiary/aromatic N) is 3.